The zero-order chi connectivity index (χ0) is 27.7. The number of nitrogens with zero attached hydrogens (tertiary/aromatic N) is 1. The fraction of sp³-hybridized carbons (Fsp3) is 0.233. The summed E-state index contributed by atoms with van der Waals surface area (Å²) < 4.78 is 30.0. The molecular weight excluding hydrogens is 501 g/mol. The third-order valence-corrected chi connectivity index (χ3v) is 7.06. The van der Waals surface area contributed by atoms with Crippen molar-refractivity contribution in [1.82, 2.24) is 4.98 Å². The van der Waals surface area contributed by atoms with Gasteiger partial charge in [-0.2, -0.15) is 0 Å². The molecule has 1 saturated carbocycles. The number of nitrogens with one attached hydrogen (secondary N) is 2. The minimum absolute atomic E-state index is 0.242. The van der Waals surface area contributed by atoms with E-state index in [4.69, 9.17) is 14.2 Å². The second kappa shape index (κ2) is 10.2. The summed E-state index contributed by atoms with van der Waals surface area (Å²) in [6.45, 7) is 3.76. The van der Waals surface area contributed by atoms with Crippen molar-refractivity contribution in [3.05, 3.63) is 78.7 Å². The van der Waals surface area contributed by atoms with Crippen LogP contribution in [0.1, 0.15) is 13.8 Å². The number of halogens is 1. The lowest BCUT2D eigenvalue weighted by molar-refractivity contribution is -0.122. The normalized spacial score (nSPS) is 17.3. The molecule has 2 N–H and O–H groups in total. The molecule has 9 heteroatoms. The molecule has 1 aromatic heterocycles. The van der Waals surface area contributed by atoms with E-state index < -0.39 is 17.3 Å². The molecule has 0 spiro atoms. The second-order valence-corrected chi connectivity index (χ2v) is 9.92. The molecule has 2 amide bonds. The monoisotopic (exact) mass is 529 g/mol. The van der Waals surface area contributed by atoms with Crippen LogP contribution in [-0.4, -0.2) is 31.0 Å². The number of hydrogen-bond acceptors (Lipinski definition) is 6. The number of carbonyl (C=O) groups excluding carboxylic acids is 2. The van der Waals surface area contributed by atoms with Crippen LogP contribution in [0.3, 0.4) is 0 Å². The Labute approximate surface area is 225 Å². The average molecular weight is 530 g/mol. The summed E-state index contributed by atoms with van der Waals surface area (Å²) in [7, 11) is 3.13. The molecule has 1 heterocycles. The number of anilines is 2. The standard InChI is InChI=1S/C30H28FN3O5/c1-30(2)26(28(35)33-18-7-5-17(31)6-8-18)27(30)29(36)34-19-9-11-20(12-10-19)39-23-13-14-32-22-16-25(38-4)24(37-3)15-21(22)23/h5-16,26-27H,1-4H3,(H,33,35)(H,34,36)/t26-,27+/m1/s1. The predicted octanol–water partition coefficient (Wildman–Crippen LogP) is 6.03. The number of rotatable bonds is 8. The Morgan fingerprint density at radius 2 is 1.33 bits per heavy atom. The third-order valence-electron chi connectivity index (χ3n) is 7.06. The number of fused-ring (bicyclic) bond motifs is 1. The number of benzene rings is 3. The molecule has 0 aliphatic heterocycles. The zero-order valence-electron chi connectivity index (χ0n) is 21.9. The molecule has 1 fully saturated rings. The number of aromatic nitrogens is 1. The summed E-state index contributed by atoms with van der Waals surface area (Å²) in [4.78, 5) is 30.2. The van der Waals surface area contributed by atoms with Gasteiger partial charge in [0.2, 0.25) is 11.8 Å². The second-order valence-electron chi connectivity index (χ2n) is 9.92. The first-order valence-electron chi connectivity index (χ1n) is 12.4. The molecule has 0 saturated heterocycles. The minimum Gasteiger partial charge on any atom is -0.493 e. The van der Waals surface area contributed by atoms with Crippen molar-refractivity contribution < 1.29 is 28.2 Å². The molecule has 8 nitrogen and oxygen atoms in total. The van der Waals surface area contributed by atoms with Gasteiger partial charge in [-0.25, -0.2) is 4.39 Å². The first-order chi connectivity index (χ1) is 18.7. The zero-order valence-corrected chi connectivity index (χ0v) is 21.9. The van der Waals surface area contributed by atoms with Gasteiger partial charge in [0.1, 0.15) is 17.3 Å². The first-order valence-corrected chi connectivity index (χ1v) is 12.4. The quantitative estimate of drug-likeness (QED) is 0.289. The van der Waals surface area contributed by atoms with Gasteiger partial charge in [-0.15, -0.1) is 0 Å². The van der Waals surface area contributed by atoms with Gasteiger partial charge in [0, 0.05) is 29.0 Å². The molecule has 2 atom stereocenters. The van der Waals surface area contributed by atoms with Gasteiger partial charge in [-0.1, -0.05) is 13.8 Å². The van der Waals surface area contributed by atoms with Crippen molar-refractivity contribution in [2.45, 2.75) is 13.8 Å². The highest BCUT2D eigenvalue weighted by Crippen LogP contribution is 2.59. The van der Waals surface area contributed by atoms with Gasteiger partial charge < -0.3 is 24.8 Å². The molecule has 5 rings (SSSR count). The summed E-state index contributed by atoms with van der Waals surface area (Å²) in [5, 5.41) is 6.43. The van der Waals surface area contributed by atoms with Gasteiger partial charge in [-0.3, -0.25) is 14.6 Å². The van der Waals surface area contributed by atoms with Crippen LogP contribution in [0.4, 0.5) is 15.8 Å². The summed E-state index contributed by atoms with van der Waals surface area (Å²) in [5.74, 6) is 0.403. The van der Waals surface area contributed by atoms with Gasteiger partial charge >= 0.3 is 0 Å². The lowest BCUT2D eigenvalue weighted by Crippen LogP contribution is -2.20. The maximum absolute atomic E-state index is 13.2. The molecule has 0 radical (unpaired) electrons. The lowest BCUT2D eigenvalue weighted by atomic mass is 10.1. The van der Waals surface area contributed by atoms with E-state index in [0.717, 1.165) is 5.39 Å². The van der Waals surface area contributed by atoms with Crippen molar-refractivity contribution >= 4 is 34.1 Å². The van der Waals surface area contributed by atoms with Crippen LogP contribution in [0, 0.1) is 23.1 Å². The van der Waals surface area contributed by atoms with Crippen LogP contribution >= 0.6 is 0 Å². The Hall–Kier alpha value is -4.66. The maximum Gasteiger partial charge on any atom is 0.228 e. The molecule has 1 aliphatic carbocycles. The van der Waals surface area contributed by atoms with E-state index in [-0.39, 0.29) is 17.6 Å². The van der Waals surface area contributed by atoms with E-state index in [1.54, 1.807) is 56.8 Å². The van der Waals surface area contributed by atoms with Crippen LogP contribution in [0.15, 0.2) is 72.9 Å². The van der Waals surface area contributed by atoms with Gasteiger partial charge in [0.05, 0.1) is 31.6 Å². The van der Waals surface area contributed by atoms with E-state index in [2.05, 4.69) is 15.6 Å². The van der Waals surface area contributed by atoms with Crippen molar-refractivity contribution in [3.8, 4) is 23.0 Å². The Balaban J connectivity index is 1.25. The Morgan fingerprint density at radius 1 is 0.795 bits per heavy atom. The van der Waals surface area contributed by atoms with Crippen molar-refractivity contribution in [2.75, 3.05) is 24.9 Å². The Morgan fingerprint density at radius 3 is 1.90 bits per heavy atom. The Kier molecular flexibility index (Phi) is 6.82. The van der Waals surface area contributed by atoms with Crippen LogP contribution in [0.25, 0.3) is 10.9 Å². The highest BCUT2D eigenvalue weighted by Gasteiger charge is 2.65. The molecule has 4 aromatic rings. The molecule has 1 aliphatic rings. The SMILES string of the molecule is COc1cc2nccc(Oc3ccc(NC(=O)[C@@H]4[C@H](C(=O)Nc5ccc(F)cc5)C4(C)C)cc3)c2cc1OC. The minimum atomic E-state index is -0.511. The smallest absolute Gasteiger partial charge is 0.228 e. The largest absolute Gasteiger partial charge is 0.493 e. The van der Waals surface area contributed by atoms with Crippen LogP contribution in [-0.2, 0) is 9.59 Å². The average Bonchev–Trinajstić information content (AvgIpc) is 3.52. The maximum atomic E-state index is 13.2. The topological polar surface area (TPSA) is 98.8 Å². The number of carbonyl (C=O) groups is 2. The van der Waals surface area contributed by atoms with Crippen molar-refractivity contribution in [3.63, 3.8) is 0 Å². The summed E-state index contributed by atoms with van der Waals surface area (Å²) >= 11 is 0. The molecular formula is C30H28FN3O5. The Bertz CT molecular complexity index is 1540. The fourth-order valence-electron chi connectivity index (χ4n) is 4.86. The number of amides is 2. The van der Waals surface area contributed by atoms with Crippen LogP contribution < -0.4 is 24.8 Å². The van der Waals surface area contributed by atoms with Gasteiger partial charge in [0.25, 0.3) is 0 Å². The van der Waals surface area contributed by atoms with E-state index in [1.807, 2.05) is 19.9 Å². The molecule has 39 heavy (non-hydrogen) atoms. The number of methoxy groups -OCH3 is 2. The number of ether oxygens (including phenoxy) is 3. The summed E-state index contributed by atoms with van der Waals surface area (Å²) in [6.07, 6.45) is 1.65. The first kappa shape index (κ1) is 26.0. The highest BCUT2D eigenvalue weighted by molar-refractivity contribution is 6.04. The van der Waals surface area contributed by atoms with Crippen molar-refractivity contribution in [2.24, 2.45) is 17.3 Å². The third kappa shape index (κ3) is 5.20. The van der Waals surface area contributed by atoms with E-state index in [1.165, 1.54) is 24.3 Å². The molecule has 3 aromatic carbocycles. The lowest BCUT2D eigenvalue weighted by Gasteiger charge is -2.13. The van der Waals surface area contributed by atoms with E-state index >= 15 is 0 Å². The molecule has 0 unspecified atom stereocenters. The van der Waals surface area contributed by atoms with Crippen molar-refractivity contribution in [1.29, 1.82) is 0 Å². The van der Waals surface area contributed by atoms with Crippen LogP contribution in [0.2, 0.25) is 0 Å². The predicted molar refractivity (Wildman–Crippen MR) is 146 cm³/mol. The van der Waals surface area contributed by atoms with E-state index in [0.29, 0.717) is 39.9 Å². The molecule has 0 bridgehead atoms. The highest BCUT2D eigenvalue weighted by atomic mass is 19.1. The van der Waals surface area contributed by atoms with Gasteiger partial charge in [-0.05, 0) is 66.1 Å². The number of pyridine rings is 1. The van der Waals surface area contributed by atoms with E-state index in [9.17, 15) is 14.0 Å². The number of hydrogen-bond donors (Lipinski definition) is 2. The van der Waals surface area contributed by atoms with Crippen LogP contribution in [0.5, 0.6) is 23.0 Å². The summed E-state index contributed by atoms with van der Waals surface area (Å²) in [6, 6.07) is 17.9. The molecule has 200 valence electrons. The fourth-order valence-corrected chi connectivity index (χ4v) is 4.86. The summed E-state index contributed by atoms with van der Waals surface area (Å²) in [5.41, 5.74) is 1.25. The van der Waals surface area contributed by atoms with Gasteiger partial charge in [0.15, 0.2) is 11.5 Å².